The fourth-order valence-electron chi connectivity index (χ4n) is 1.50. The number of aryl methyl sites for hydroxylation is 1. The lowest BCUT2D eigenvalue weighted by Gasteiger charge is -2.02. The van der Waals surface area contributed by atoms with Gasteiger partial charge in [0.05, 0.1) is 12.5 Å². The molecule has 1 aromatic carbocycles. The lowest BCUT2D eigenvalue weighted by Crippen LogP contribution is -1.85. The molecule has 2 aromatic rings. The van der Waals surface area contributed by atoms with Gasteiger partial charge in [-0.15, -0.1) is 0 Å². The minimum absolute atomic E-state index is 0.703. The Kier molecular flexibility index (Phi) is 2.19. The highest BCUT2D eigenvalue weighted by molar-refractivity contribution is 5.78. The van der Waals surface area contributed by atoms with Crippen molar-refractivity contribution in [1.29, 1.82) is 0 Å². The van der Waals surface area contributed by atoms with E-state index in [1.54, 1.807) is 12.5 Å². The van der Waals surface area contributed by atoms with Gasteiger partial charge in [-0.1, -0.05) is 12.1 Å². The van der Waals surface area contributed by atoms with Gasteiger partial charge in [0.25, 0.3) is 0 Å². The van der Waals surface area contributed by atoms with Gasteiger partial charge in [0, 0.05) is 11.1 Å². The normalized spacial score (nSPS) is 10.1. The van der Waals surface area contributed by atoms with Crippen LogP contribution in [0.5, 0.6) is 0 Å². The van der Waals surface area contributed by atoms with E-state index in [-0.39, 0.29) is 0 Å². The van der Waals surface area contributed by atoms with Crippen LogP contribution in [0.3, 0.4) is 0 Å². The second kappa shape index (κ2) is 3.50. The number of hydrogen-bond donors (Lipinski definition) is 0. The van der Waals surface area contributed by atoms with Crippen LogP contribution in [-0.2, 0) is 0 Å². The van der Waals surface area contributed by atoms with Crippen LogP contribution < -0.4 is 0 Å². The average molecular weight is 186 g/mol. The molecule has 0 aliphatic carbocycles. The van der Waals surface area contributed by atoms with E-state index in [9.17, 15) is 4.79 Å². The summed E-state index contributed by atoms with van der Waals surface area (Å²) < 4.78 is 5.01. The first-order chi connectivity index (χ1) is 6.81. The highest BCUT2D eigenvalue weighted by Crippen LogP contribution is 2.23. The summed E-state index contributed by atoms with van der Waals surface area (Å²) >= 11 is 0. The Morgan fingerprint density at radius 1 is 1.29 bits per heavy atom. The molecule has 0 spiro atoms. The predicted molar refractivity (Wildman–Crippen MR) is 54.3 cm³/mol. The van der Waals surface area contributed by atoms with Gasteiger partial charge in [-0.05, 0) is 30.2 Å². The Morgan fingerprint density at radius 3 is 2.71 bits per heavy atom. The highest BCUT2D eigenvalue weighted by Gasteiger charge is 2.03. The van der Waals surface area contributed by atoms with E-state index in [0.717, 1.165) is 23.0 Å². The number of rotatable bonds is 2. The first-order valence-corrected chi connectivity index (χ1v) is 4.39. The molecule has 2 nitrogen and oxygen atoms in total. The van der Waals surface area contributed by atoms with E-state index in [4.69, 9.17) is 4.42 Å². The van der Waals surface area contributed by atoms with Crippen LogP contribution in [-0.4, -0.2) is 6.29 Å². The first-order valence-electron chi connectivity index (χ1n) is 4.39. The molecule has 0 fully saturated rings. The van der Waals surface area contributed by atoms with Gasteiger partial charge in [-0.2, -0.15) is 0 Å². The Morgan fingerprint density at radius 2 is 2.14 bits per heavy atom. The molecule has 0 saturated carbocycles. The lowest BCUT2D eigenvalue weighted by molar-refractivity contribution is 0.112. The van der Waals surface area contributed by atoms with Crippen LogP contribution in [0.25, 0.3) is 11.1 Å². The molecule has 14 heavy (non-hydrogen) atoms. The Balaban J connectivity index is 2.51. The lowest BCUT2D eigenvalue weighted by atomic mass is 10.0. The molecule has 0 saturated heterocycles. The first kappa shape index (κ1) is 8.75. The minimum atomic E-state index is 0.703. The Labute approximate surface area is 82.2 Å². The quantitative estimate of drug-likeness (QED) is 0.674. The maximum absolute atomic E-state index is 10.5. The van der Waals surface area contributed by atoms with E-state index in [1.165, 1.54) is 0 Å². The molecule has 0 bridgehead atoms. The van der Waals surface area contributed by atoms with Crippen molar-refractivity contribution in [1.82, 2.24) is 0 Å². The zero-order valence-corrected chi connectivity index (χ0v) is 7.86. The number of carbonyl (C=O) groups is 1. The van der Waals surface area contributed by atoms with Crippen LogP contribution in [0.1, 0.15) is 15.9 Å². The van der Waals surface area contributed by atoms with Crippen molar-refractivity contribution in [3.8, 4) is 11.1 Å². The minimum Gasteiger partial charge on any atom is -0.472 e. The molecule has 1 heterocycles. The maximum atomic E-state index is 10.5. The third kappa shape index (κ3) is 1.46. The van der Waals surface area contributed by atoms with E-state index >= 15 is 0 Å². The largest absolute Gasteiger partial charge is 0.472 e. The van der Waals surface area contributed by atoms with Gasteiger partial charge in [0.1, 0.15) is 6.29 Å². The van der Waals surface area contributed by atoms with Crippen molar-refractivity contribution in [3.63, 3.8) is 0 Å². The van der Waals surface area contributed by atoms with Crippen LogP contribution >= 0.6 is 0 Å². The Bertz CT molecular complexity index is 441. The zero-order chi connectivity index (χ0) is 9.97. The standard InChI is InChI=1S/C12H10O2/c1-9-6-10(7-13)2-3-12(9)11-4-5-14-8-11/h2-8H,1H3. The van der Waals surface area contributed by atoms with Gasteiger partial charge in [-0.3, -0.25) is 4.79 Å². The summed E-state index contributed by atoms with van der Waals surface area (Å²) in [6, 6.07) is 7.52. The van der Waals surface area contributed by atoms with Crippen LogP contribution in [0.15, 0.2) is 41.2 Å². The number of benzene rings is 1. The third-order valence-electron chi connectivity index (χ3n) is 2.22. The maximum Gasteiger partial charge on any atom is 0.150 e. The second-order valence-electron chi connectivity index (χ2n) is 3.20. The summed E-state index contributed by atoms with van der Waals surface area (Å²) in [6.07, 6.45) is 4.19. The highest BCUT2D eigenvalue weighted by atomic mass is 16.3. The molecule has 0 aliphatic heterocycles. The van der Waals surface area contributed by atoms with E-state index in [0.29, 0.717) is 5.56 Å². The molecule has 0 atom stereocenters. The molecule has 2 rings (SSSR count). The molecule has 70 valence electrons. The van der Waals surface area contributed by atoms with Gasteiger partial charge < -0.3 is 4.42 Å². The van der Waals surface area contributed by atoms with Gasteiger partial charge in [0.15, 0.2) is 0 Å². The van der Waals surface area contributed by atoms with Crippen LogP contribution in [0, 0.1) is 6.92 Å². The van der Waals surface area contributed by atoms with E-state index < -0.39 is 0 Å². The fourth-order valence-corrected chi connectivity index (χ4v) is 1.50. The summed E-state index contributed by atoms with van der Waals surface area (Å²) in [6.45, 7) is 1.98. The number of hydrogen-bond acceptors (Lipinski definition) is 2. The van der Waals surface area contributed by atoms with Crippen molar-refractivity contribution >= 4 is 6.29 Å². The van der Waals surface area contributed by atoms with Crippen LogP contribution in [0.2, 0.25) is 0 Å². The zero-order valence-electron chi connectivity index (χ0n) is 7.86. The third-order valence-corrected chi connectivity index (χ3v) is 2.22. The van der Waals surface area contributed by atoms with Crippen molar-refractivity contribution in [2.75, 3.05) is 0 Å². The van der Waals surface area contributed by atoms with Crippen molar-refractivity contribution in [2.45, 2.75) is 6.92 Å². The summed E-state index contributed by atoms with van der Waals surface area (Å²) in [5.41, 5.74) is 3.93. The van der Waals surface area contributed by atoms with Crippen molar-refractivity contribution < 1.29 is 9.21 Å². The molecular formula is C12H10O2. The molecule has 0 unspecified atom stereocenters. The molecule has 1 aromatic heterocycles. The molecular weight excluding hydrogens is 176 g/mol. The molecule has 0 radical (unpaired) electrons. The summed E-state index contributed by atoms with van der Waals surface area (Å²) in [7, 11) is 0. The number of furan rings is 1. The molecule has 0 amide bonds. The number of aldehydes is 1. The topological polar surface area (TPSA) is 30.2 Å². The number of carbonyl (C=O) groups excluding carboxylic acids is 1. The molecule has 2 heteroatoms. The van der Waals surface area contributed by atoms with Crippen LogP contribution in [0.4, 0.5) is 0 Å². The summed E-state index contributed by atoms with van der Waals surface area (Å²) in [4.78, 5) is 10.5. The molecule has 0 aliphatic rings. The molecule has 0 N–H and O–H groups in total. The van der Waals surface area contributed by atoms with Gasteiger partial charge in [0.2, 0.25) is 0 Å². The average Bonchev–Trinajstić information content (AvgIpc) is 2.70. The van der Waals surface area contributed by atoms with E-state index in [1.807, 2.05) is 31.2 Å². The smallest absolute Gasteiger partial charge is 0.150 e. The van der Waals surface area contributed by atoms with Crippen molar-refractivity contribution in [2.24, 2.45) is 0 Å². The van der Waals surface area contributed by atoms with Crippen molar-refractivity contribution in [3.05, 3.63) is 47.9 Å². The fraction of sp³-hybridized carbons (Fsp3) is 0.0833. The van der Waals surface area contributed by atoms with Gasteiger partial charge >= 0.3 is 0 Å². The summed E-state index contributed by atoms with van der Waals surface area (Å²) in [5.74, 6) is 0. The van der Waals surface area contributed by atoms with Gasteiger partial charge in [-0.25, -0.2) is 0 Å². The predicted octanol–water partition coefficient (Wildman–Crippen LogP) is 3.07. The Hall–Kier alpha value is -1.83. The summed E-state index contributed by atoms with van der Waals surface area (Å²) in [5, 5.41) is 0. The second-order valence-corrected chi connectivity index (χ2v) is 3.20. The van der Waals surface area contributed by atoms with E-state index in [2.05, 4.69) is 0 Å². The monoisotopic (exact) mass is 186 g/mol. The SMILES string of the molecule is Cc1cc(C=O)ccc1-c1ccoc1.